The van der Waals surface area contributed by atoms with Crippen molar-refractivity contribution >= 4 is 27.5 Å². The Balaban J connectivity index is 2.22. The van der Waals surface area contributed by atoms with Gasteiger partial charge in [-0.25, -0.2) is 0 Å². The van der Waals surface area contributed by atoms with Crippen LogP contribution in [-0.2, 0) is 0 Å². The Kier molecular flexibility index (Phi) is 3.69. The predicted octanol–water partition coefficient (Wildman–Crippen LogP) is 1.35. The maximum absolute atomic E-state index is 11.1. The van der Waals surface area contributed by atoms with Crippen molar-refractivity contribution in [3.05, 3.63) is 28.2 Å². The standard InChI is InChI=1S/C12H16BrN3O/c1-8-7-16(5-4-15-8)9-2-3-10(12(14)17)11(13)6-9/h2-3,6,8,15H,4-5,7H2,1H3,(H2,14,17)/t8-/m1/s1. The number of nitrogens with two attached hydrogens (primary N) is 1. The maximum atomic E-state index is 11.1. The molecule has 4 nitrogen and oxygen atoms in total. The third kappa shape index (κ3) is 2.79. The van der Waals surface area contributed by atoms with Crippen LogP contribution in [0, 0.1) is 0 Å². The lowest BCUT2D eigenvalue weighted by Crippen LogP contribution is -2.49. The number of primary amides is 1. The van der Waals surface area contributed by atoms with E-state index in [9.17, 15) is 4.79 Å². The largest absolute Gasteiger partial charge is 0.369 e. The Labute approximate surface area is 109 Å². The van der Waals surface area contributed by atoms with Crippen LogP contribution in [0.4, 0.5) is 5.69 Å². The number of hydrogen-bond acceptors (Lipinski definition) is 3. The molecule has 0 bridgehead atoms. The molecule has 1 fully saturated rings. The number of piperazine rings is 1. The van der Waals surface area contributed by atoms with Gasteiger partial charge in [0.05, 0.1) is 5.56 Å². The number of anilines is 1. The average Bonchev–Trinajstić information content (AvgIpc) is 2.28. The lowest BCUT2D eigenvalue weighted by atomic mass is 10.1. The SMILES string of the molecule is C[C@@H]1CN(c2ccc(C(N)=O)c(Br)c2)CCN1. The maximum Gasteiger partial charge on any atom is 0.249 e. The van der Waals surface area contributed by atoms with Gasteiger partial charge in [0.2, 0.25) is 5.91 Å². The van der Waals surface area contributed by atoms with E-state index in [1.54, 1.807) is 6.07 Å². The van der Waals surface area contributed by atoms with Crippen molar-refractivity contribution in [3.63, 3.8) is 0 Å². The van der Waals surface area contributed by atoms with Gasteiger partial charge in [0.1, 0.15) is 0 Å². The summed E-state index contributed by atoms with van der Waals surface area (Å²) >= 11 is 3.39. The van der Waals surface area contributed by atoms with Crippen LogP contribution in [0.3, 0.4) is 0 Å². The number of halogens is 1. The van der Waals surface area contributed by atoms with Crippen molar-refractivity contribution in [2.24, 2.45) is 5.73 Å². The molecule has 1 aliphatic rings. The minimum Gasteiger partial charge on any atom is -0.369 e. The Morgan fingerprint density at radius 1 is 1.59 bits per heavy atom. The molecule has 1 saturated heterocycles. The van der Waals surface area contributed by atoms with E-state index in [-0.39, 0.29) is 0 Å². The van der Waals surface area contributed by atoms with E-state index in [1.807, 2.05) is 12.1 Å². The number of amides is 1. The van der Waals surface area contributed by atoms with Crippen LogP contribution in [0.1, 0.15) is 17.3 Å². The molecule has 92 valence electrons. The van der Waals surface area contributed by atoms with Gasteiger partial charge in [-0.2, -0.15) is 0 Å². The van der Waals surface area contributed by atoms with E-state index in [1.165, 1.54) is 0 Å². The van der Waals surface area contributed by atoms with Gasteiger partial charge >= 0.3 is 0 Å². The molecule has 0 aliphatic carbocycles. The van der Waals surface area contributed by atoms with Gasteiger partial charge in [-0.3, -0.25) is 4.79 Å². The summed E-state index contributed by atoms with van der Waals surface area (Å²) in [7, 11) is 0. The monoisotopic (exact) mass is 297 g/mol. The van der Waals surface area contributed by atoms with Gasteiger partial charge < -0.3 is 16.0 Å². The summed E-state index contributed by atoms with van der Waals surface area (Å²) in [4.78, 5) is 13.4. The molecule has 0 aromatic heterocycles. The second-order valence-electron chi connectivity index (χ2n) is 4.33. The van der Waals surface area contributed by atoms with Crippen LogP contribution >= 0.6 is 15.9 Å². The Morgan fingerprint density at radius 3 is 2.94 bits per heavy atom. The average molecular weight is 298 g/mol. The highest BCUT2D eigenvalue weighted by Crippen LogP contribution is 2.24. The van der Waals surface area contributed by atoms with Crippen molar-refractivity contribution < 1.29 is 4.79 Å². The van der Waals surface area contributed by atoms with Crippen LogP contribution in [0.25, 0.3) is 0 Å². The highest BCUT2D eigenvalue weighted by atomic mass is 79.9. The summed E-state index contributed by atoms with van der Waals surface area (Å²) < 4.78 is 0.758. The van der Waals surface area contributed by atoms with Gasteiger partial charge in [0.15, 0.2) is 0 Å². The molecular weight excluding hydrogens is 282 g/mol. The van der Waals surface area contributed by atoms with Crippen LogP contribution in [0.2, 0.25) is 0 Å². The molecule has 3 N–H and O–H groups in total. The highest BCUT2D eigenvalue weighted by Gasteiger charge is 2.17. The summed E-state index contributed by atoms with van der Waals surface area (Å²) in [5, 5.41) is 3.40. The molecule has 0 radical (unpaired) electrons. The van der Waals surface area contributed by atoms with E-state index in [2.05, 4.69) is 33.1 Å². The smallest absolute Gasteiger partial charge is 0.249 e. The van der Waals surface area contributed by atoms with Crippen LogP contribution < -0.4 is 16.0 Å². The summed E-state index contributed by atoms with van der Waals surface area (Å²) in [6.07, 6.45) is 0. The number of nitrogens with one attached hydrogen (secondary N) is 1. The van der Waals surface area contributed by atoms with Gasteiger partial charge in [-0.05, 0) is 41.1 Å². The number of hydrogen-bond donors (Lipinski definition) is 2. The Bertz CT molecular complexity index is 436. The third-order valence-electron chi connectivity index (χ3n) is 2.95. The lowest BCUT2D eigenvalue weighted by molar-refractivity contribution is 0.0999. The molecule has 1 atom stereocenters. The van der Waals surface area contributed by atoms with Gasteiger partial charge in [-0.15, -0.1) is 0 Å². The molecule has 17 heavy (non-hydrogen) atoms. The van der Waals surface area contributed by atoms with Crippen LogP contribution in [0.15, 0.2) is 22.7 Å². The molecule has 0 unspecified atom stereocenters. The first-order valence-electron chi connectivity index (χ1n) is 5.65. The van der Waals surface area contributed by atoms with Crippen LogP contribution in [0.5, 0.6) is 0 Å². The molecule has 1 heterocycles. The number of carbonyl (C=O) groups excluding carboxylic acids is 1. The van der Waals surface area contributed by atoms with Gasteiger partial charge in [-0.1, -0.05) is 0 Å². The molecular formula is C12H16BrN3O. The molecule has 1 aliphatic heterocycles. The zero-order valence-corrected chi connectivity index (χ0v) is 11.3. The zero-order chi connectivity index (χ0) is 12.4. The molecule has 1 aromatic rings. The molecule has 1 amide bonds. The first-order chi connectivity index (χ1) is 8.08. The number of nitrogens with zero attached hydrogens (tertiary/aromatic N) is 1. The predicted molar refractivity (Wildman–Crippen MR) is 72.3 cm³/mol. The second kappa shape index (κ2) is 5.06. The topological polar surface area (TPSA) is 58.4 Å². The first kappa shape index (κ1) is 12.4. The van der Waals surface area contributed by atoms with E-state index < -0.39 is 5.91 Å². The fourth-order valence-electron chi connectivity index (χ4n) is 2.07. The lowest BCUT2D eigenvalue weighted by Gasteiger charge is -2.33. The number of benzene rings is 1. The summed E-state index contributed by atoms with van der Waals surface area (Å²) in [6.45, 7) is 5.10. The van der Waals surface area contributed by atoms with E-state index in [0.29, 0.717) is 11.6 Å². The fraction of sp³-hybridized carbons (Fsp3) is 0.417. The second-order valence-corrected chi connectivity index (χ2v) is 5.18. The van der Waals surface area contributed by atoms with E-state index in [4.69, 9.17) is 5.73 Å². The molecule has 0 saturated carbocycles. The Morgan fingerprint density at radius 2 is 2.35 bits per heavy atom. The van der Waals surface area contributed by atoms with Crippen molar-refractivity contribution in [1.82, 2.24) is 5.32 Å². The summed E-state index contributed by atoms with van der Waals surface area (Å²) in [5.41, 5.74) is 6.92. The minimum atomic E-state index is -0.405. The first-order valence-corrected chi connectivity index (χ1v) is 6.45. The van der Waals surface area contributed by atoms with Crippen molar-refractivity contribution in [2.75, 3.05) is 24.5 Å². The van der Waals surface area contributed by atoms with Gasteiger partial charge in [0.25, 0.3) is 0 Å². The normalized spacial score (nSPS) is 20.4. The van der Waals surface area contributed by atoms with Crippen molar-refractivity contribution in [3.8, 4) is 0 Å². The minimum absolute atomic E-state index is 0.405. The number of rotatable bonds is 2. The van der Waals surface area contributed by atoms with Crippen LogP contribution in [-0.4, -0.2) is 31.6 Å². The third-order valence-corrected chi connectivity index (χ3v) is 3.61. The van der Waals surface area contributed by atoms with Gasteiger partial charge in [0, 0.05) is 35.8 Å². The highest BCUT2D eigenvalue weighted by molar-refractivity contribution is 9.10. The van der Waals surface area contributed by atoms with E-state index in [0.717, 1.165) is 29.8 Å². The summed E-state index contributed by atoms with van der Waals surface area (Å²) in [6, 6.07) is 6.16. The molecule has 1 aromatic carbocycles. The summed E-state index contributed by atoms with van der Waals surface area (Å²) in [5.74, 6) is -0.405. The number of carbonyl (C=O) groups is 1. The Hall–Kier alpha value is -1.07. The van der Waals surface area contributed by atoms with Crippen molar-refractivity contribution in [1.29, 1.82) is 0 Å². The fourth-order valence-corrected chi connectivity index (χ4v) is 2.63. The quantitative estimate of drug-likeness (QED) is 0.866. The molecule has 0 spiro atoms. The van der Waals surface area contributed by atoms with E-state index >= 15 is 0 Å². The van der Waals surface area contributed by atoms with Crippen molar-refractivity contribution in [2.45, 2.75) is 13.0 Å². The molecule has 5 heteroatoms. The zero-order valence-electron chi connectivity index (χ0n) is 9.74. The molecule has 2 rings (SSSR count).